The van der Waals surface area contributed by atoms with Crippen LogP contribution in [0.2, 0.25) is 0 Å². The predicted molar refractivity (Wildman–Crippen MR) is 84.7 cm³/mol. The van der Waals surface area contributed by atoms with Crippen LogP contribution in [-0.4, -0.2) is 30.4 Å². The van der Waals surface area contributed by atoms with Gasteiger partial charge in [-0.2, -0.15) is 0 Å². The van der Waals surface area contributed by atoms with Crippen LogP contribution in [0.15, 0.2) is 29.3 Å². The van der Waals surface area contributed by atoms with Crippen LogP contribution < -0.4 is 5.32 Å². The number of rotatable bonds is 6. The van der Waals surface area contributed by atoms with Crippen molar-refractivity contribution in [3.63, 3.8) is 0 Å². The van der Waals surface area contributed by atoms with Crippen LogP contribution in [0, 0.1) is 13.8 Å². The number of amides is 1. The molecule has 1 N–H and O–H groups in total. The quantitative estimate of drug-likeness (QED) is 0.868. The van der Waals surface area contributed by atoms with E-state index < -0.39 is 0 Å². The van der Waals surface area contributed by atoms with Gasteiger partial charge in [-0.1, -0.05) is 47.6 Å². The molecule has 1 amide bonds. The van der Waals surface area contributed by atoms with Gasteiger partial charge in [-0.05, 0) is 31.5 Å². The number of carbonyl (C=O) groups is 1. The van der Waals surface area contributed by atoms with Crippen molar-refractivity contribution in [3.05, 3.63) is 40.4 Å². The molecule has 3 nitrogen and oxygen atoms in total. The Balaban J connectivity index is 2.67. The molecule has 0 unspecified atom stereocenters. The van der Waals surface area contributed by atoms with Crippen molar-refractivity contribution >= 4 is 27.5 Å². The second-order valence-electron chi connectivity index (χ2n) is 4.64. The first-order valence-electron chi connectivity index (χ1n) is 6.35. The van der Waals surface area contributed by atoms with E-state index in [2.05, 4.69) is 27.8 Å². The number of nitrogens with zero attached hydrogens (tertiary/aromatic N) is 1. The van der Waals surface area contributed by atoms with Gasteiger partial charge in [0.1, 0.15) is 0 Å². The first kappa shape index (κ1) is 15.9. The number of para-hydroxylation sites is 1. The van der Waals surface area contributed by atoms with Gasteiger partial charge < -0.3 is 5.32 Å². The average molecular weight is 325 g/mol. The van der Waals surface area contributed by atoms with Crippen LogP contribution in [0.4, 0.5) is 5.69 Å². The highest BCUT2D eigenvalue weighted by Crippen LogP contribution is 2.19. The summed E-state index contributed by atoms with van der Waals surface area (Å²) in [6, 6.07) is 5.99. The fourth-order valence-corrected chi connectivity index (χ4v) is 2.27. The summed E-state index contributed by atoms with van der Waals surface area (Å²) >= 11 is 3.33. The van der Waals surface area contributed by atoms with E-state index in [0.29, 0.717) is 13.1 Å². The van der Waals surface area contributed by atoms with Gasteiger partial charge in [0.2, 0.25) is 5.91 Å². The minimum atomic E-state index is 0.00741. The maximum atomic E-state index is 12.1. The lowest BCUT2D eigenvalue weighted by Crippen LogP contribution is -2.34. The summed E-state index contributed by atoms with van der Waals surface area (Å²) in [7, 11) is 0. The summed E-state index contributed by atoms with van der Waals surface area (Å²) in [6.45, 7) is 11.7. The monoisotopic (exact) mass is 324 g/mol. The van der Waals surface area contributed by atoms with Crippen LogP contribution in [0.1, 0.15) is 18.1 Å². The van der Waals surface area contributed by atoms with E-state index in [1.807, 2.05) is 43.9 Å². The summed E-state index contributed by atoms with van der Waals surface area (Å²) in [5, 5.41) is 2.99. The molecule has 1 aromatic carbocycles. The van der Waals surface area contributed by atoms with Crippen LogP contribution in [-0.2, 0) is 4.79 Å². The van der Waals surface area contributed by atoms with Gasteiger partial charge in [0.25, 0.3) is 0 Å². The van der Waals surface area contributed by atoms with E-state index in [1.165, 1.54) is 0 Å². The Morgan fingerprint density at radius 2 is 1.89 bits per heavy atom. The molecule has 0 heterocycles. The van der Waals surface area contributed by atoms with E-state index >= 15 is 0 Å². The number of nitrogens with one attached hydrogen (secondary N) is 1. The third-order valence-electron chi connectivity index (χ3n) is 2.96. The molecular weight excluding hydrogens is 304 g/mol. The van der Waals surface area contributed by atoms with Gasteiger partial charge in [-0.15, -0.1) is 0 Å². The maximum Gasteiger partial charge on any atom is 0.238 e. The minimum Gasteiger partial charge on any atom is -0.324 e. The molecule has 0 aromatic heterocycles. The first-order chi connectivity index (χ1) is 8.93. The highest BCUT2D eigenvalue weighted by Gasteiger charge is 2.11. The van der Waals surface area contributed by atoms with Crippen molar-refractivity contribution in [2.75, 3.05) is 25.0 Å². The molecule has 0 atom stereocenters. The topological polar surface area (TPSA) is 32.3 Å². The Kier molecular flexibility index (Phi) is 6.25. The summed E-state index contributed by atoms with van der Waals surface area (Å²) < 4.78 is 0.884. The second-order valence-corrected chi connectivity index (χ2v) is 5.76. The molecule has 0 radical (unpaired) electrons. The second kappa shape index (κ2) is 7.46. The number of hydrogen-bond donors (Lipinski definition) is 1. The zero-order chi connectivity index (χ0) is 14.4. The molecule has 4 heteroatoms. The Bertz CT molecular complexity index is 451. The van der Waals surface area contributed by atoms with E-state index in [1.54, 1.807) is 0 Å². The fraction of sp³-hybridized carbons (Fsp3) is 0.400. The van der Waals surface area contributed by atoms with Crippen molar-refractivity contribution in [1.29, 1.82) is 0 Å². The van der Waals surface area contributed by atoms with Crippen LogP contribution in [0.25, 0.3) is 0 Å². The zero-order valence-electron chi connectivity index (χ0n) is 11.8. The molecule has 0 saturated heterocycles. The van der Waals surface area contributed by atoms with Gasteiger partial charge >= 0.3 is 0 Å². The molecular formula is C15H21BrN2O. The lowest BCUT2D eigenvalue weighted by molar-refractivity contribution is -0.117. The van der Waals surface area contributed by atoms with Gasteiger partial charge in [0.15, 0.2) is 0 Å². The Hall–Kier alpha value is -1.13. The van der Waals surface area contributed by atoms with Gasteiger partial charge in [-0.25, -0.2) is 0 Å². The van der Waals surface area contributed by atoms with Crippen molar-refractivity contribution in [3.8, 4) is 0 Å². The normalized spacial score (nSPS) is 10.6. The predicted octanol–water partition coefficient (Wildman–Crippen LogP) is 3.47. The molecule has 0 saturated carbocycles. The molecule has 0 fully saturated rings. The molecule has 0 spiro atoms. The highest BCUT2D eigenvalue weighted by molar-refractivity contribution is 9.11. The van der Waals surface area contributed by atoms with Crippen molar-refractivity contribution in [1.82, 2.24) is 4.90 Å². The maximum absolute atomic E-state index is 12.1. The number of hydrogen-bond acceptors (Lipinski definition) is 2. The van der Waals surface area contributed by atoms with E-state index in [4.69, 9.17) is 0 Å². The molecule has 1 aromatic rings. The number of halogens is 1. The van der Waals surface area contributed by atoms with Crippen molar-refractivity contribution in [2.24, 2.45) is 0 Å². The van der Waals surface area contributed by atoms with Crippen LogP contribution in [0.5, 0.6) is 0 Å². The standard InChI is InChI=1S/C15H21BrN2O/c1-5-18(9-13(4)16)10-14(19)17-15-11(2)7-6-8-12(15)3/h6-8H,4-5,9-10H2,1-3H3,(H,17,19). The number of benzene rings is 1. The van der Waals surface area contributed by atoms with Gasteiger partial charge in [-0.3, -0.25) is 9.69 Å². The van der Waals surface area contributed by atoms with E-state index in [-0.39, 0.29) is 5.91 Å². The number of likely N-dealkylation sites (N-methyl/N-ethyl adjacent to an activating group) is 1. The third kappa shape index (κ3) is 5.17. The van der Waals surface area contributed by atoms with Gasteiger partial charge in [0, 0.05) is 16.7 Å². The SMILES string of the molecule is C=C(Br)CN(CC)CC(=O)Nc1c(C)cccc1C. The summed E-state index contributed by atoms with van der Waals surface area (Å²) in [5.74, 6) is 0.00741. The Morgan fingerprint density at radius 1 is 1.32 bits per heavy atom. The molecule has 19 heavy (non-hydrogen) atoms. The highest BCUT2D eigenvalue weighted by atomic mass is 79.9. The lowest BCUT2D eigenvalue weighted by Gasteiger charge is -2.20. The zero-order valence-corrected chi connectivity index (χ0v) is 13.4. The third-order valence-corrected chi connectivity index (χ3v) is 3.21. The Morgan fingerprint density at radius 3 is 2.37 bits per heavy atom. The van der Waals surface area contributed by atoms with E-state index in [9.17, 15) is 4.79 Å². The van der Waals surface area contributed by atoms with Crippen LogP contribution in [0.3, 0.4) is 0 Å². The largest absolute Gasteiger partial charge is 0.324 e. The summed E-state index contributed by atoms with van der Waals surface area (Å²) in [5.41, 5.74) is 3.09. The Labute approximate surface area is 123 Å². The van der Waals surface area contributed by atoms with Gasteiger partial charge in [0.05, 0.1) is 6.54 Å². The first-order valence-corrected chi connectivity index (χ1v) is 7.15. The molecule has 104 valence electrons. The molecule has 0 aliphatic heterocycles. The smallest absolute Gasteiger partial charge is 0.238 e. The summed E-state index contributed by atoms with van der Waals surface area (Å²) in [4.78, 5) is 14.1. The van der Waals surface area contributed by atoms with Crippen LogP contribution >= 0.6 is 15.9 Å². The van der Waals surface area contributed by atoms with E-state index in [0.717, 1.165) is 27.8 Å². The number of anilines is 1. The summed E-state index contributed by atoms with van der Waals surface area (Å²) in [6.07, 6.45) is 0. The van der Waals surface area contributed by atoms with Crippen molar-refractivity contribution < 1.29 is 4.79 Å². The minimum absolute atomic E-state index is 0.00741. The molecule has 0 aliphatic rings. The average Bonchev–Trinajstić information content (AvgIpc) is 2.32. The fourth-order valence-electron chi connectivity index (χ4n) is 1.92. The molecule has 0 bridgehead atoms. The lowest BCUT2D eigenvalue weighted by atomic mass is 10.1. The number of carbonyl (C=O) groups excluding carboxylic acids is 1. The molecule has 0 aliphatic carbocycles. The van der Waals surface area contributed by atoms with Crippen molar-refractivity contribution in [2.45, 2.75) is 20.8 Å². The molecule has 1 rings (SSSR count). The number of aryl methyl sites for hydroxylation is 2.